The maximum Gasteiger partial charge on any atom is 0.343 e. The van der Waals surface area contributed by atoms with Crippen LogP contribution in [0.3, 0.4) is 0 Å². The molecule has 2 aromatic heterocycles. The highest BCUT2D eigenvalue weighted by molar-refractivity contribution is 5.94. The molecular formula is C11H13N7O3. The van der Waals surface area contributed by atoms with Crippen LogP contribution in [0.25, 0.3) is 0 Å². The van der Waals surface area contributed by atoms with Crippen LogP contribution in [-0.2, 0) is 9.47 Å². The van der Waals surface area contributed by atoms with Gasteiger partial charge < -0.3 is 14.4 Å². The number of rotatable bonds is 3. The van der Waals surface area contributed by atoms with E-state index in [0.29, 0.717) is 36.9 Å². The van der Waals surface area contributed by atoms with Crippen molar-refractivity contribution in [2.24, 2.45) is 0 Å². The van der Waals surface area contributed by atoms with Crippen LogP contribution in [0.5, 0.6) is 0 Å². The second-order valence-electron chi connectivity index (χ2n) is 4.33. The average molecular weight is 291 g/mol. The lowest BCUT2D eigenvalue weighted by molar-refractivity contribution is 0.0335. The molecule has 0 amide bonds. The largest absolute Gasteiger partial charge is 0.465 e. The first-order chi connectivity index (χ1) is 10.3. The van der Waals surface area contributed by atoms with Crippen LogP contribution in [0, 0.1) is 0 Å². The summed E-state index contributed by atoms with van der Waals surface area (Å²) in [7, 11) is 1.32. The van der Waals surface area contributed by atoms with Crippen molar-refractivity contribution in [1.82, 2.24) is 30.6 Å². The van der Waals surface area contributed by atoms with Crippen molar-refractivity contribution < 1.29 is 14.3 Å². The van der Waals surface area contributed by atoms with Gasteiger partial charge in [-0.3, -0.25) is 0 Å². The number of ether oxygens (including phenoxy) is 2. The van der Waals surface area contributed by atoms with Crippen molar-refractivity contribution in [2.45, 2.75) is 6.10 Å². The van der Waals surface area contributed by atoms with Gasteiger partial charge in [0, 0.05) is 12.7 Å². The summed E-state index contributed by atoms with van der Waals surface area (Å²) in [4.78, 5) is 21.8. The van der Waals surface area contributed by atoms with E-state index in [4.69, 9.17) is 9.47 Å². The van der Waals surface area contributed by atoms with E-state index < -0.39 is 5.97 Å². The molecule has 1 N–H and O–H groups in total. The number of esters is 1. The van der Waals surface area contributed by atoms with E-state index in [1.807, 2.05) is 4.90 Å². The van der Waals surface area contributed by atoms with Gasteiger partial charge in [0.25, 0.3) is 0 Å². The maximum atomic E-state index is 11.8. The van der Waals surface area contributed by atoms with E-state index in [1.54, 1.807) is 0 Å². The number of anilines is 1. The summed E-state index contributed by atoms with van der Waals surface area (Å²) in [5.74, 6) is 0.496. The Kier molecular flexibility index (Phi) is 3.69. The van der Waals surface area contributed by atoms with Crippen molar-refractivity contribution >= 4 is 11.8 Å². The van der Waals surface area contributed by atoms with E-state index in [0.717, 1.165) is 0 Å². The van der Waals surface area contributed by atoms with Crippen LogP contribution in [0.1, 0.15) is 22.3 Å². The molecule has 1 aliphatic rings. The fourth-order valence-electron chi connectivity index (χ4n) is 2.13. The van der Waals surface area contributed by atoms with Gasteiger partial charge >= 0.3 is 5.97 Å². The van der Waals surface area contributed by atoms with Gasteiger partial charge in [-0.2, -0.15) is 5.21 Å². The highest BCUT2D eigenvalue weighted by atomic mass is 16.5. The molecule has 10 nitrogen and oxygen atoms in total. The van der Waals surface area contributed by atoms with E-state index in [2.05, 4.69) is 30.6 Å². The predicted octanol–water partition coefficient (Wildman–Crippen LogP) is -0.646. The SMILES string of the molecule is COC(=O)c1cncnc1N1CCOC(c2nn[nH]n2)C1. The van der Waals surface area contributed by atoms with E-state index in [-0.39, 0.29) is 6.10 Å². The Morgan fingerprint density at radius 2 is 2.48 bits per heavy atom. The van der Waals surface area contributed by atoms with Gasteiger partial charge in [0.15, 0.2) is 0 Å². The highest BCUT2D eigenvalue weighted by Crippen LogP contribution is 2.24. The second-order valence-corrected chi connectivity index (χ2v) is 4.33. The number of methoxy groups -OCH3 is 1. The van der Waals surface area contributed by atoms with Gasteiger partial charge in [-0.1, -0.05) is 5.21 Å². The molecule has 10 heteroatoms. The molecular weight excluding hydrogens is 278 g/mol. The molecule has 1 aliphatic heterocycles. The smallest absolute Gasteiger partial charge is 0.343 e. The summed E-state index contributed by atoms with van der Waals surface area (Å²) in [5.41, 5.74) is 0.314. The Hall–Kier alpha value is -2.62. The summed E-state index contributed by atoms with van der Waals surface area (Å²) in [5, 5.41) is 13.7. The van der Waals surface area contributed by atoms with Gasteiger partial charge in [-0.15, -0.1) is 10.2 Å². The molecule has 0 bridgehead atoms. The van der Waals surface area contributed by atoms with Gasteiger partial charge in [0.1, 0.15) is 23.8 Å². The summed E-state index contributed by atoms with van der Waals surface area (Å²) < 4.78 is 10.4. The van der Waals surface area contributed by atoms with Crippen LogP contribution in [0.15, 0.2) is 12.5 Å². The molecule has 1 fully saturated rings. The normalized spacial score (nSPS) is 18.5. The number of tetrazole rings is 1. The molecule has 0 aliphatic carbocycles. The Balaban J connectivity index is 1.85. The van der Waals surface area contributed by atoms with Gasteiger partial charge in [-0.25, -0.2) is 14.8 Å². The fourth-order valence-corrected chi connectivity index (χ4v) is 2.13. The van der Waals surface area contributed by atoms with E-state index in [1.165, 1.54) is 19.6 Å². The third-order valence-corrected chi connectivity index (χ3v) is 3.11. The van der Waals surface area contributed by atoms with E-state index in [9.17, 15) is 4.79 Å². The summed E-state index contributed by atoms with van der Waals surface area (Å²) in [6.07, 6.45) is 2.49. The average Bonchev–Trinajstić information content (AvgIpc) is 3.09. The lowest BCUT2D eigenvalue weighted by Gasteiger charge is -2.32. The molecule has 0 aromatic carbocycles. The first-order valence-electron chi connectivity index (χ1n) is 6.28. The summed E-state index contributed by atoms with van der Waals surface area (Å²) in [6.45, 7) is 1.51. The minimum absolute atomic E-state index is 0.314. The van der Waals surface area contributed by atoms with Crippen LogP contribution >= 0.6 is 0 Å². The third-order valence-electron chi connectivity index (χ3n) is 3.11. The first kappa shape index (κ1) is 13.4. The number of carbonyl (C=O) groups is 1. The minimum atomic E-state index is -0.479. The molecule has 3 rings (SSSR count). The molecule has 1 unspecified atom stereocenters. The molecule has 1 atom stereocenters. The van der Waals surface area contributed by atoms with Crippen LogP contribution in [-0.4, -0.2) is 63.4 Å². The second kappa shape index (κ2) is 5.79. The third kappa shape index (κ3) is 2.65. The van der Waals surface area contributed by atoms with Crippen molar-refractivity contribution in [3.8, 4) is 0 Å². The fraction of sp³-hybridized carbons (Fsp3) is 0.455. The molecule has 0 radical (unpaired) electrons. The number of aromatic amines is 1. The predicted molar refractivity (Wildman–Crippen MR) is 68.5 cm³/mol. The Morgan fingerprint density at radius 3 is 3.24 bits per heavy atom. The number of hydrogen-bond donors (Lipinski definition) is 1. The number of morpholine rings is 1. The number of H-pyrrole nitrogens is 1. The zero-order valence-corrected chi connectivity index (χ0v) is 11.3. The van der Waals surface area contributed by atoms with Gasteiger partial charge in [0.2, 0.25) is 5.82 Å². The molecule has 2 aromatic rings. The van der Waals surface area contributed by atoms with E-state index >= 15 is 0 Å². The van der Waals surface area contributed by atoms with Crippen LogP contribution in [0.4, 0.5) is 5.82 Å². The molecule has 0 saturated carbocycles. The van der Waals surface area contributed by atoms with Crippen molar-refractivity contribution in [3.63, 3.8) is 0 Å². The molecule has 1 saturated heterocycles. The van der Waals surface area contributed by atoms with Crippen LogP contribution < -0.4 is 4.90 Å². The molecule has 0 spiro atoms. The van der Waals surface area contributed by atoms with Crippen molar-refractivity contribution in [2.75, 3.05) is 31.7 Å². The summed E-state index contributed by atoms with van der Waals surface area (Å²) in [6, 6.07) is 0. The number of aromatic nitrogens is 6. The van der Waals surface area contributed by atoms with Crippen molar-refractivity contribution in [1.29, 1.82) is 0 Å². The number of carbonyl (C=O) groups excluding carboxylic acids is 1. The Bertz CT molecular complexity index is 618. The molecule has 110 valence electrons. The van der Waals surface area contributed by atoms with Crippen LogP contribution in [0.2, 0.25) is 0 Å². The topological polar surface area (TPSA) is 119 Å². The molecule has 21 heavy (non-hydrogen) atoms. The highest BCUT2D eigenvalue weighted by Gasteiger charge is 2.28. The Morgan fingerprint density at radius 1 is 1.57 bits per heavy atom. The zero-order valence-electron chi connectivity index (χ0n) is 11.3. The standard InChI is InChI=1S/C11H13N7O3/c1-20-11(19)7-4-12-6-13-10(7)18-2-3-21-8(5-18)9-14-16-17-15-9/h4,6,8H,2-3,5H2,1H3,(H,14,15,16,17). The lowest BCUT2D eigenvalue weighted by atomic mass is 10.2. The lowest BCUT2D eigenvalue weighted by Crippen LogP contribution is -2.40. The first-order valence-corrected chi connectivity index (χ1v) is 6.28. The maximum absolute atomic E-state index is 11.8. The van der Waals surface area contributed by atoms with Crippen molar-refractivity contribution in [3.05, 3.63) is 23.9 Å². The number of hydrogen-bond acceptors (Lipinski definition) is 9. The minimum Gasteiger partial charge on any atom is -0.465 e. The Labute approximate surface area is 119 Å². The van der Waals surface area contributed by atoms with Gasteiger partial charge in [0.05, 0.1) is 20.3 Å². The summed E-state index contributed by atoms with van der Waals surface area (Å²) >= 11 is 0. The zero-order chi connectivity index (χ0) is 14.7. The monoisotopic (exact) mass is 291 g/mol. The molecule has 3 heterocycles. The van der Waals surface area contributed by atoms with Gasteiger partial charge in [-0.05, 0) is 0 Å². The number of nitrogens with zero attached hydrogens (tertiary/aromatic N) is 6. The number of nitrogens with one attached hydrogen (secondary N) is 1. The quantitative estimate of drug-likeness (QED) is 0.736.